The van der Waals surface area contributed by atoms with Gasteiger partial charge in [-0.15, -0.1) is 0 Å². The lowest BCUT2D eigenvalue weighted by atomic mass is 10.0. The van der Waals surface area contributed by atoms with E-state index in [4.69, 9.17) is 11.5 Å². The summed E-state index contributed by atoms with van der Waals surface area (Å²) in [5.41, 5.74) is 15.8. The summed E-state index contributed by atoms with van der Waals surface area (Å²) in [5.74, 6) is -0.0407. The number of anilines is 2. The molecule has 4 N–H and O–H groups in total. The second kappa shape index (κ2) is 3.83. The van der Waals surface area contributed by atoms with Crippen LogP contribution < -0.4 is 11.5 Å². The molecule has 0 amide bonds. The van der Waals surface area contributed by atoms with Crippen LogP contribution in [0, 0.1) is 0 Å². The Labute approximate surface area is 120 Å². The minimum absolute atomic E-state index is 0.0407. The third kappa shape index (κ3) is 1.51. The molecular formula is C13H8Br2N2O. The summed E-state index contributed by atoms with van der Waals surface area (Å²) in [4.78, 5) is 12.3. The third-order valence-electron chi connectivity index (χ3n) is 3.01. The Morgan fingerprint density at radius 2 is 1.17 bits per heavy atom. The largest absolute Gasteiger partial charge is 0.398 e. The summed E-state index contributed by atoms with van der Waals surface area (Å²) in [5, 5.41) is 0. The van der Waals surface area contributed by atoms with Crippen molar-refractivity contribution in [2.45, 2.75) is 0 Å². The summed E-state index contributed by atoms with van der Waals surface area (Å²) in [7, 11) is 0. The molecule has 0 saturated carbocycles. The summed E-state index contributed by atoms with van der Waals surface area (Å²) in [6, 6.07) is 7.12. The summed E-state index contributed by atoms with van der Waals surface area (Å²) < 4.78 is 1.58. The highest BCUT2D eigenvalue weighted by Gasteiger charge is 2.31. The quantitative estimate of drug-likeness (QED) is 0.596. The summed E-state index contributed by atoms with van der Waals surface area (Å²) in [6.45, 7) is 0. The highest BCUT2D eigenvalue weighted by atomic mass is 79.9. The van der Waals surface area contributed by atoms with Crippen molar-refractivity contribution in [1.29, 1.82) is 0 Å². The molecule has 5 heteroatoms. The van der Waals surface area contributed by atoms with Crippen molar-refractivity contribution in [1.82, 2.24) is 0 Å². The Morgan fingerprint density at radius 1 is 0.778 bits per heavy atom. The van der Waals surface area contributed by atoms with Gasteiger partial charge in [0.15, 0.2) is 5.78 Å². The van der Waals surface area contributed by atoms with Gasteiger partial charge in [0, 0.05) is 42.6 Å². The predicted molar refractivity (Wildman–Crippen MR) is 79.5 cm³/mol. The van der Waals surface area contributed by atoms with Gasteiger partial charge in [-0.25, -0.2) is 0 Å². The highest BCUT2D eigenvalue weighted by molar-refractivity contribution is 9.10. The number of halogens is 2. The molecule has 2 aromatic carbocycles. The molecule has 0 radical (unpaired) electrons. The van der Waals surface area contributed by atoms with Gasteiger partial charge in [0.1, 0.15) is 0 Å². The molecule has 0 spiro atoms. The fourth-order valence-electron chi connectivity index (χ4n) is 2.32. The molecule has 0 aromatic heterocycles. The standard InChI is InChI=1S/C13H8Br2N2O/c14-5-1-7-11(9(16)3-5)12-8(13(7)18)2-6(15)4-10(12)17/h1-4H,16-17H2. The molecule has 18 heavy (non-hydrogen) atoms. The molecule has 1 aliphatic rings. The van der Waals surface area contributed by atoms with E-state index in [9.17, 15) is 4.79 Å². The van der Waals surface area contributed by atoms with Crippen molar-refractivity contribution in [3.8, 4) is 11.1 Å². The number of nitrogen functional groups attached to an aromatic ring is 2. The van der Waals surface area contributed by atoms with Crippen LogP contribution in [-0.4, -0.2) is 5.78 Å². The second-order valence-corrected chi connectivity index (χ2v) is 6.00. The van der Waals surface area contributed by atoms with Gasteiger partial charge >= 0.3 is 0 Å². The molecule has 0 fully saturated rings. The SMILES string of the molecule is Nc1cc(Br)cc2c1-c1c(N)cc(Br)cc1C2=O. The van der Waals surface area contributed by atoms with Crippen molar-refractivity contribution in [2.75, 3.05) is 11.5 Å². The predicted octanol–water partition coefficient (Wildman–Crippen LogP) is 3.59. The van der Waals surface area contributed by atoms with E-state index in [0.717, 1.165) is 20.1 Å². The number of fused-ring (bicyclic) bond motifs is 3. The maximum Gasteiger partial charge on any atom is 0.194 e. The zero-order chi connectivity index (χ0) is 13.0. The molecule has 0 aliphatic heterocycles. The fraction of sp³-hybridized carbons (Fsp3) is 0. The Morgan fingerprint density at radius 3 is 1.56 bits per heavy atom. The van der Waals surface area contributed by atoms with Crippen molar-refractivity contribution >= 4 is 49.0 Å². The summed E-state index contributed by atoms with van der Waals surface area (Å²) in [6.07, 6.45) is 0. The van der Waals surface area contributed by atoms with Crippen LogP contribution in [0.2, 0.25) is 0 Å². The Kier molecular flexibility index (Phi) is 2.50. The van der Waals surface area contributed by atoms with Crippen molar-refractivity contribution in [2.24, 2.45) is 0 Å². The van der Waals surface area contributed by atoms with Gasteiger partial charge in [-0.1, -0.05) is 31.9 Å². The molecular weight excluding hydrogens is 360 g/mol. The van der Waals surface area contributed by atoms with Gasteiger partial charge in [-0.3, -0.25) is 4.79 Å². The lowest BCUT2D eigenvalue weighted by Crippen LogP contribution is -1.96. The monoisotopic (exact) mass is 366 g/mol. The minimum Gasteiger partial charge on any atom is -0.398 e. The molecule has 0 saturated heterocycles. The van der Waals surface area contributed by atoms with E-state index in [1.807, 2.05) is 0 Å². The zero-order valence-electron chi connectivity index (χ0n) is 9.13. The van der Waals surface area contributed by atoms with E-state index in [2.05, 4.69) is 31.9 Å². The van der Waals surface area contributed by atoms with Crippen molar-refractivity contribution in [3.63, 3.8) is 0 Å². The Hall–Kier alpha value is -1.33. The number of benzene rings is 2. The van der Waals surface area contributed by atoms with E-state index in [0.29, 0.717) is 22.5 Å². The molecule has 0 unspecified atom stereocenters. The molecule has 0 atom stereocenters. The van der Waals surface area contributed by atoms with E-state index in [1.165, 1.54) is 0 Å². The summed E-state index contributed by atoms with van der Waals surface area (Å²) >= 11 is 6.70. The highest BCUT2D eigenvalue weighted by Crippen LogP contribution is 2.45. The Bertz CT molecular complexity index is 651. The zero-order valence-corrected chi connectivity index (χ0v) is 12.3. The number of rotatable bonds is 0. The fourth-order valence-corrected chi connectivity index (χ4v) is 3.27. The van der Waals surface area contributed by atoms with Crippen LogP contribution in [-0.2, 0) is 0 Å². The lowest BCUT2D eigenvalue weighted by Gasteiger charge is -2.08. The van der Waals surface area contributed by atoms with E-state index < -0.39 is 0 Å². The van der Waals surface area contributed by atoms with E-state index >= 15 is 0 Å². The molecule has 2 aromatic rings. The van der Waals surface area contributed by atoms with Gasteiger partial charge in [-0.05, 0) is 24.3 Å². The topological polar surface area (TPSA) is 69.1 Å². The molecule has 1 aliphatic carbocycles. The average Bonchev–Trinajstić information content (AvgIpc) is 2.54. The van der Waals surface area contributed by atoms with Gasteiger partial charge in [-0.2, -0.15) is 0 Å². The molecule has 0 bridgehead atoms. The van der Waals surface area contributed by atoms with Crippen LogP contribution in [0.1, 0.15) is 15.9 Å². The van der Waals surface area contributed by atoms with Crippen LogP contribution >= 0.6 is 31.9 Å². The average molecular weight is 368 g/mol. The number of nitrogens with two attached hydrogens (primary N) is 2. The van der Waals surface area contributed by atoms with Crippen LogP contribution in [0.4, 0.5) is 11.4 Å². The van der Waals surface area contributed by atoms with Crippen LogP contribution in [0.5, 0.6) is 0 Å². The van der Waals surface area contributed by atoms with E-state index in [1.54, 1.807) is 24.3 Å². The maximum absolute atomic E-state index is 12.3. The number of hydrogen-bond acceptors (Lipinski definition) is 3. The number of hydrogen-bond donors (Lipinski definition) is 2. The molecule has 3 rings (SSSR count). The van der Waals surface area contributed by atoms with Crippen molar-refractivity contribution in [3.05, 3.63) is 44.3 Å². The van der Waals surface area contributed by atoms with Gasteiger partial charge in [0.25, 0.3) is 0 Å². The molecule has 3 nitrogen and oxygen atoms in total. The second-order valence-electron chi connectivity index (χ2n) is 4.16. The smallest absolute Gasteiger partial charge is 0.194 e. The number of ketones is 1. The van der Waals surface area contributed by atoms with Crippen LogP contribution in [0.3, 0.4) is 0 Å². The van der Waals surface area contributed by atoms with Crippen LogP contribution in [0.25, 0.3) is 11.1 Å². The molecule has 0 heterocycles. The van der Waals surface area contributed by atoms with Crippen molar-refractivity contribution < 1.29 is 4.79 Å². The third-order valence-corrected chi connectivity index (χ3v) is 3.92. The van der Waals surface area contributed by atoms with E-state index in [-0.39, 0.29) is 5.78 Å². The first-order valence-electron chi connectivity index (χ1n) is 5.22. The van der Waals surface area contributed by atoms with Crippen LogP contribution in [0.15, 0.2) is 33.2 Å². The molecule has 90 valence electrons. The number of carbonyl (C=O) groups excluding carboxylic acids is 1. The normalized spacial score (nSPS) is 12.4. The van der Waals surface area contributed by atoms with Gasteiger partial charge < -0.3 is 11.5 Å². The Balaban J connectivity index is 2.44. The van der Waals surface area contributed by atoms with Gasteiger partial charge in [0.2, 0.25) is 0 Å². The maximum atomic E-state index is 12.3. The van der Waals surface area contributed by atoms with Gasteiger partial charge in [0.05, 0.1) is 0 Å². The lowest BCUT2D eigenvalue weighted by molar-refractivity contribution is 0.104. The first-order chi connectivity index (χ1) is 8.49. The number of carbonyl (C=O) groups is 1. The first-order valence-corrected chi connectivity index (χ1v) is 6.80. The first kappa shape index (κ1) is 11.7. The minimum atomic E-state index is -0.0407.